The second-order valence-electron chi connectivity index (χ2n) is 1.21. The fraction of sp³-hybridized carbons (Fsp3) is 0.800. The molecule has 0 rings (SSSR count). The van der Waals surface area contributed by atoms with Crippen molar-refractivity contribution in [1.29, 1.82) is 0 Å². The van der Waals surface area contributed by atoms with E-state index in [0.29, 0.717) is 0 Å². The highest BCUT2D eigenvalue weighted by molar-refractivity contribution is 5.32. The summed E-state index contributed by atoms with van der Waals surface area (Å²) < 4.78 is 0. The van der Waals surface area contributed by atoms with Gasteiger partial charge in [-0.3, -0.25) is 4.79 Å². The third-order valence-corrected chi connectivity index (χ3v) is 0.500. The minimum Gasteiger partial charge on any atom is -0.483 e. The minimum atomic E-state index is -0.250. The number of carboxylic acid groups (broad SMARTS) is 1. The van der Waals surface area contributed by atoms with E-state index in [4.69, 9.17) is 9.90 Å². The van der Waals surface area contributed by atoms with Gasteiger partial charge >= 0.3 is 0 Å². The van der Waals surface area contributed by atoms with E-state index in [0.717, 1.165) is 6.54 Å². The van der Waals surface area contributed by atoms with E-state index >= 15 is 0 Å². The zero-order valence-corrected chi connectivity index (χ0v) is 5.35. The van der Waals surface area contributed by atoms with Gasteiger partial charge in [-0.25, -0.2) is 0 Å². The Labute approximate surface area is 49.7 Å². The molecular weight excluding hydrogens is 106 g/mol. The van der Waals surface area contributed by atoms with Gasteiger partial charge in [0.15, 0.2) is 0 Å². The highest BCUT2D eigenvalue weighted by atomic mass is 16.3. The van der Waals surface area contributed by atoms with E-state index < -0.39 is 0 Å². The van der Waals surface area contributed by atoms with Crippen LogP contribution < -0.4 is 5.32 Å². The zero-order chi connectivity index (χ0) is 6.83. The van der Waals surface area contributed by atoms with Crippen molar-refractivity contribution in [1.82, 2.24) is 5.32 Å². The molecule has 0 aliphatic carbocycles. The van der Waals surface area contributed by atoms with Crippen LogP contribution in [0.3, 0.4) is 0 Å². The summed E-state index contributed by atoms with van der Waals surface area (Å²) >= 11 is 0. The van der Waals surface area contributed by atoms with Crippen molar-refractivity contribution in [3.05, 3.63) is 0 Å². The molecule has 0 aromatic heterocycles. The number of carbonyl (C=O) groups is 1. The molecule has 0 bridgehead atoms. The smallest absolute Gasteiger partial charge is 0.290 e. The molecule has 8 heavy (non-hydrogen) atoms. The lowest BCUT2D eigenvalue weighted by atomic mass is 10.5. The number of rotatable bonds is 2. The van der Waals surface area contributed by atoms with Crippen LogP contribution in [0.1, 0.15) is 13.3 Å². The van der Waals surface area contributed by atoms with Crippen LogP contribution in [0, 0.1) is 0 Å². The Morgan fingerprint density at radius 2 is 2.12 bits per heavy atom. The Morgan fingerprint density at radius 3 is 2.12 bits per heavy atom. The molecule has 0 aromatic carbocycles. The second kappa shape index (κ2) is 16.1. The van der Waals surface area contributed by atoms with Gasteiger partial charge in [0.05, 0.1) is 0 Å². The highest BCUT2D eigenvalue weighted by Gasteiger charge is 1.64. The normalized spacial score (nSPS) is 6.75. The maximum Gasteiger partial charge on any atom is 0.290 e. The molecule has 0 amide bonds. The van der Waals surface area contributed by atoms with Crippen molar-refractivity contribution in [2.24, 2.45) is 0 Å². The summed E-state index contributed by atoms with van der Waals surface area (Å²) in [6.07, 6.45) is 1.23. The summed E-state index contributed by atoms with van der Waals surface area (Å²) in [7, 11) is 1.96. The van der Waals surface area contributed by atoms with E-state index in [-0.39, 0.29) is 6.47 Å². The fourth-order valence-corrected chi connectivity index (χ4v) is 0.250. The van der Waals surface area contributed by atoms with Gasteiger partial charge in [-0.15, -0.1) is 0 Å². The number of nitrogens with one attached hydrogen (secondary N) is 1. The van der Waals surface area contributed by atoms with Crippen molar-refractivity contribution in [3.63, 3.8) is 0 Å². The Bertz CT molecular complexity index is 37.4. The molecule has 0 radical (unpaired) electrons. The van der Waals surface area contributed by atoms with E-state index in [9.17, 15) is 0 Å². The first-order chi connectivity index (χ1) is 3.83. The third kappa shape index (κ3) is 52.1. The maximum absolute atomic E-state index is 8.36. The molecule has 0 aliphatic heterocycles. The average molecular weight is 119 g/mol. The minimum absolute atomic E-state index is 0.250. The molecule has 0 spiro atoms. The second-order valence-corrected chi connectivity index (χ2v) is 1.21. The highest BCUT2D eigenvalue weighted by Crippen LogP contribution is 1.62. The van der Waals surface area contributed by atoms with Crippen LogP contribution in [0.4, 0.5) is 0 Å². The van der Waals surface area contributed by atoms with Crippen LogP contribution in [-0.4, -0.2) is 25.2 Å². The average Bonchev–Trinajstić information content (AvgIpc) is 1.71. The largest absolute Gasteiger partial charge is 0.483 e. The van der Waals surface area contributed by atoms with Crippen molar-refractivity contribution < 1.29 is 9.90 Å². The first kappa shape index (κ1) is 10.4. The molecular formula is C5H13NO2. The van der Waals surface area contributed by atoms with Crippen LogP contribution >= 0.6 is 0 Å². The van der Waals surface area contributed by atoms with Crippen molar-refractivity contribution in [2.45, 2.75) is 13.3 Å². The predicted octanol–water partition coefficient (Wildman–Crippen LogP) is 0.317. The van der Waals surface area contributed by atoms with E-state index in [1.807, 2.05) is 7.05 Å². The van der Waals surface area contributed by atoms with E-state index in [1.54, 1.807) is 0 Å². The topological polar surface area (TPSA) is 49.3 Å². The Kier molecular flexibility index (Phi) is 21.0. The van der Waals surface area contributed by atoms with Gasteiger partial charge in [-0.2, -0.15) is 0 Å². The Balaban J connectivity index is 0. The molecule has 3 heteroatoms. The lowest BCUT2D eigenvalue weighted by molar-refractivity contribution is -0.122. The van der Waals surface area contributed by atoms with Gasteiger partial charge in [0.25, 0.3) is 6.47 Å². The molecule has 0 aliphatic rings. The number of hydrogen-bond acceptors (Lipinski definition) is 2. The Morgan fingerprint density at radius 1 is 1.75 bits per heavy atom. The van der Waals surface area contributed by atoms with Gasteiger partial charge in [0.1, 0.15) is 0 Å². The summed E-state index contributed by atoms with van der Waals surface area (Å²) in [5.74, 6) is 0. The standard InChI is InChI=1S/C4H11N.CH2O2/c1-3-4-5-2;2-1-3/h5H,3-4H2,1-2H3;1H,(H,2,3). The molecule has 50 valence electrons. The summed E-state index contributed by atoms with van der Waals surface area (Å²) in [5, 5.41) is 9.91. The molecule has 0 aromatic rings. The van der Waals surface area contributed by atoms with Crippen molar-refractivity contribution in [2.75, 3.05) is 13.6 Å². The molecule has 0 atom stereocenters. The molecule has 0 saturated heterocycles. The van der Waals surface area contributed by atoms with Crippen LogP contribution in [0.2, 0.25) is 0 Å². The summed E-state index contributed by atoms with van der Waals surface area (Å²) in [6.45, 7) is 3.04. The van der Waals surface area contributed by atoms with Crippen LogP contribution in [0.25, 0.3) is 0 Å². The van der Waals surface area contributed by atoms with E-state index in [1.165, 1.54) is 6.42 Å². The molecule has 3 nitrogen and oxygen atoms in total. The molecule has 0 heterocycles. The summed E-state index contributed by atoms with van der Waals surface area (Å²) in [4.78, 5) is 8.36. The lowest BCUT2D eigenvalue weighted by Crippen LogP contribution is -2.04. The fourth-order valence-electron chi connectivity index (χ4n) is 0.250. The first-order valence-corrected chi connectivity index (χ1v) is 2.55. The van der Waals surface area contributed by atoms with E-state index in [2.05, 4.69) is 12.2 Å². The summed E-state index contributed by atoms with van der Waals surface area (Å²) in [6, 6.07) is 0. The Hall–Kier alpha value is -0.570. The maximum atomic E-state index is 8.36. The van der Waals surface area contributed by atoms with Gasteiger partial charge in [-0.05, 0) is 20.0 Å². The predicted molar refractivity (Wildman–Crippen MR) is 32.9 cm³/mol. The van der Waals surface area contributed by atoms with Gasteiger partial charge in [0, 0.05) is 0 Å². The molecule has 0 saturated carbocycles. The SMILES string of the molecule is CCCNC.O=CO. The monoisotopic (exact) mass is 119 g/mol. The summed E-state index contributed by atoms with van der Waals surface area (Å²) in [5.41, 5.74) is 0. The lowest BCUT2D eigenvalue weighted by Gasteiger charge is -1.84. The van der Waals surface area contributed by atoms with Crippen LogP contribution in [0.5, 0.6) is 0 Å². The molecule has 0 fully saturated rings. The van der Waals surface area contributed by atoms with Gasteiger partial charge in [-0.1, -0.05) is 6.92 Å². The third-order valence-electron chi connectivity index (χ3n) is 0.500. The van der Waals surface area contributed by atoms with Gasteiger partial charge in [0.2, 0.25) is 0 Å². The zero-order valence-electron chi connectivity index (χ0n) is 5.35. The van der Waals surface area contributed by atoms with Gasteiger partial charge < -0.3 is 10.4 Å². The number of hydrogen-bond donors (Lipinski definition) is 2. The molecule has 0 unspecified atom stereocenters. The van der Waals surface area contributed by atoms with Crippen LogP contribution in [0.15, 0.2) is 0 Å². The van der Waals surface area contributed by atoms with Crippen molar-refractivity contribution >= 4 is 6.47 Å². The van der Waals surface area contributed by atoms with Crippen LogP contribution in [-0.2, 0) is 4.79 Å². The quantitative estimate of drug-likeness (QED) is 0.514. The molecule has 2 N–H and O–H groups in total. The first-order valence-electron chi connectivity index (χ1n) is 2.55. The van der Waals surface area contributed by atoms with Crippen molar-refractivity contribution in [3.8, 4) is 0 Å².